The third-order valence-electron chi connectivity index (χ3n) is 3.50. The Morgan fingerprint density at radius 1 is 0.947 bits per heavy atom. The zero-order chi connectivity index (χ0) is 13.7. The lowest BCUT2D eigenvalue weighted by atomic mass is 10.0. The van der Waals surface area contributed by atoms with Crippen LogP contribution in [-0.2, 0) is 17.9 Å². The largest absolute Gasteiger partial charge is 0.381 e. The molecule has 100 valence electrons. The number of hydrogen-bond donors (Lipinski definition) is 1. The first kappa shape index (κ1) is 13.6. The van der Waals surface area contributed by atoms with Crippen LogP contribution < -0.4 is 5.32 Å². The van der Waals surface area contributed by atoms with Gasteiger partial charge in [0.15, 0.2) is 0 Å². The predicted molar refractivity (Wildman–Crippen MR) is 80.4 cm³/mol. The number of methoxy groups -OCH3 is 1. The Hall–Kier alpha value is -1.80. The molecule has 2 rings (SSSR count). The Bertz CT molecular complexity index is 549. The minimum Gasteiger partial charge on any atom is -0.381 e. The lowest BCUT2D eigenvalue weighted by Gasteiger charge is -2.13. The van der Waals surface area contributed by atoms with Gasteiger partial charge in [-0.05, 0) is 36.6 Å². The first-order chi connectivity index (χ1) is 9.22. The minimum absolute atomic E-state index is 0.635. The van der Waals surface area contributed by atoms with Crippen molar-refractivity contribution in [2.45, 2.75) is 27.0 Å². The molecule has 0 saturated carbocycles. The Balaban J connectivity index is 2.12. The van der Waals surface area contributed by atoms with Gasteiger partial charge in [0.1, 0.15) is 0 Å². The maximum absolute atomic E-state index is 5.22. The van der Waals surface area contributed by atoms with E-state index in [1.54, 1.807) is 7.11 Å². The monoisotopic (exact) mass is 255 g/mol. The van der Waals surface area contributed by atoms with Gasteiger partial charge in [0.25, 0.3) is 0 Å². The molecular weight excluding hydrogens is 234 g/mol. The predicted octanol–water partition coefficient (Wildman–Crippen LogP) is 4.06. The summed E-state index contributed by atoms with van der Waals surface area (Å²) in [6, 6.07) is 14.7. The number of rotatable bonds is 5. The van der Waals surface area contributed by atoms with E-state index in [2.05, 4.69) is 49.5 Å². The van der Waals surface area contributed by atoms with Crippen molar-refractivity contribution < 1.29 is 4.74 Å². The van der Waals surface area contributed by atoms with Gasteiger partial charge in [-0.15, -0.1) is 0 Å². The molecule has 0 aliphatic rings. The molecule has 19 heavy (non-hydrogen) atoms. The summed E-state index contributed by atoms with van der Waals surface area (Å²) in [6.07, 6.45) is 0. The molecule has 2 aromatic carbocycles. The number of ether oxygens (including phenoxy) is 1. The van der Waals surface area contributed by atoms with Crippen LogP contribution in [0.2, 0.25) is 0 Å². The van der Waals surface area contributed by atoms with Crippen LogP contribution in [-0.4, -0.2) is 7.11 Å². The lowest BCUT2D eigenvalue weighted by Crippen LogP contribution is -2.04. The van der Waals surface area contributed by atoms with Crippen LogP contribution in [0.15, 0.2) is 42.5 Å². The third-order valence-corrected chi connectivity index (χ3v) is 3.50. The Labute approximate surface area is 115 Å². The number of nitrogens with one attached hydrogen (secondary N) is 1. The van der Waals surface area contributed by atoms with E-state index < -0.39 is 0 Å². The maximum atomic E-state index is 5.22. The van der Waals surface area contributed by atoms with E-state index in [-0.39, 0.29) is 0 Å². The summed E-state index contributed by atoms with van der Waals surface area (Å²) in [7, 11) is 1.72. The molecule has 0 aromatic heterocycles. The molecule has 0 spiro atoms. The topological polar surface area (TPSA) is 21.3 Å². The molecule has 2 nitrogen and oxygen atoms in total. The molecule has 1 N–H and O–H groups in total. The molecule has 0 aliphatic heterocycles. The number of hydrogen-bond acceptors (Lipinski definition) is 2. The van der Waals surface area contributed by atoms with Crippen LogP contribution in [0.1, 0.15) is 22.3 Å². The van der Waals surface area contributed by atoms with Crippen LogP contribution in [0.5, 0.6) is 0 Å². The van der Waals surface area contributed by atoms with Gasteiger partial charge in [0, 0.05) is 24.9 Å². The highest BCUT2D eigenvalue weighted by Gasteiger charge is 2.03. The van der Waals surface area contributed by atoms with Crippen molar-refractivity contribution in [3.63, 3.8) is 0 Å². The van der Waals surface area contributed by atoms with E-state index in [1.807, 2.05) is 12.1 Å². The van der Waals surface area contributed by atoms with Crippen LogP contribution in [0.4, 0.5) is 5.69 Å². The van der Waals surface area contributed by atoms with Gasteiger partial charge >= 0.3 is 0 Å². The second-order valence-electron chi connectivity index (χ2n) is 4.80. The van der Waals surface area contributed by atoms with Gasteiger partial charge in [-0.3, -0.25) is 0 Å². The van der Waals surface area contributed by atoms with Crippen LogP contribution in [0.3, 0.4) is 0 Å². The first-order valence-electron chi connectivity index (χ1n) is 6.58. The molecule has 0 amide bonds. The smallest absolute Gasteiger partial charge is 0.0733 e. The summed E-state index contributed by atoms with van der Waals surface area (Å²) < 4.78 is 5.22. The zero-order valence-corrected chi connectivity index (χ0v) is 11.9. The van der Waals surface area contributed by atoms with E-state index >= 15 is 0 Å². The van der Waals surface area contributed by atoms with Gasteiger partial charge in [-0.25, -0.2) is 0 Å². The summed E-state index contributed by atoms with van der Waals surface area (Å²) in [5.74, 6) is 0. The normalized spacial score (nSPS) is 10.5. The lowest BCUT2D eigenvalue weighted by molar-refractivity contribution is 0.185. The average molecular weight is 255 g/mol. The summed E-state index contributed by atoms with van der Waals surface area (Å²) in [5, 5.41) is 3.50. The molecule has 2 heteroatoms. The Morgan fingerprint density at radius 2 is 1.68 bits per heavy atom. The Kier molecular flexibility index (Phi) is 4.58. The first-order valence-corrected chi connectivity index (χ1v) is 6.58. The van der Waals surface area contributed by atoms with Crippen molar-refractivity contribution in [2.75, 3.05) is 12.4 Å². The zero-order valence-electron chi connectivity index (χ0n) is 11.9. The molecule has 0 fully saturated rings. The SMILES string of the molecule is COCc1ccccc1NCc1cccc(C)c1C. The standard InChI is InChI=1S/C17H21NO/c1-13-7-6-9-15(14(13)2)11-18-17-10-5-4-8-16(17)12-19-3/h4-10,18H,11-12H2,1-3H3. The van der Waals surface area contributed by atoms with Crippen LogP contribution in [0.25, 0.3) is 0 Å². The summed E-state index contributed by atoms with van der Waals surface area (Å²) in [4.78, 5) is 0. The van der Waals surface area contributed by atoms with Gasteiger partial charge in [0.2, 0.25) is 0 Å². The second kappa shape index (κ2) is 6.39. The van der Waals surface area contributed by atoms with Crippen molar-refractivity contribution in [3.8, 4) is 0 Å². The van der Waals surface area contributed by atoms with Crippen molar-refractivity contribution >= 4 is 5.69 Å². The number of aryl methyl sites for hydroxylation is 1. The number of anilines is 1. The van der Waals surface area contributed by atoms with Crippen LogP contribution in [0, 0.1) is 13.8 Å². The van der Waals surface area contributed by atoms with Gasteiger partial charge in [0.05, 0.1) is 6.61 Å². The highest BCUT2D eigenvalue weighted by molar-refractivity contribution is 5.51. The van der Waals surface area contributed by atoms with E-state index in [0.717, 1.165) is 12.2 Å². The maximum Gasteiger partial charge on any atom is 0.0733 e. The quantitative estimate of drug-likeness (QED) is 0.870. The fourth-order valence-corrected chi connectivity index (χ4v) is 2.17. The van der Waals surface area contributed by atoms with E-state index in [1.165, 1.54) is 22.3 Å². The molecule has 0 heterocycles. The highest BCUT2D eigenvalue weighted by atomic mass is 16.5. The molecule has 0 radical (unpaired) electrons. The second-order valence-corrected chi connectivity index (χ2v) is 4.80. The molecule has 0 saturated heterocycles. The van der Waals surface area contributed by atoms with Crippen molar-refractivity contribution in [1.82, 2.24) is 0 Å². The Morgan fingerprint density at radius 3 is 2.47 bits per heavy atom. The molecule has 0 atom stereocenters. The molecule has 0 aliphatic carbocycles. The van der Waals surface area contributed by atoms with Gasteiger partial charge in [-0.1, -0.05) is 36.4 Å². The summed E-state index contributed by atoms with van der Waals surface area (Å²) in [6.45, 7) is 5.80. The molecular formula is C17H21NO. The molecule has 2 aromatic rings. The van der Waals surface area contributed by atoms with Crippen molar-refractivity contribution in [3.05, 3.63) is 64.7 Å². The van der Waals surface area contributed by atoms with E-state index in [9.17, 15) is 0 Å². The summed E-state index contributed by atoms with van der Waals surface area (Å²) >= 11 is 0. The van der Waals surface area contributed by atoms with E-state index in [0.29, 0.717) is 6.61 Å². The summed E-state index contributed by atoms with van der Waals surface area (Å²) in [5.41, 5.74) is 6.37. The number of benzene rings is 2. The minimum atomic E-state index is 0.635. The average Bonchev–Trinajstić information content (AvgIpc) is 2.42. The van der Waals surface area contributed by atoms with Gasteiger partial charge < -0.3 is 10.1 Å². The van der Waals surface area contributed by atoms with E-state index in [4.69, 9.17) is 4.74 Å². The molecule has 0 unspecified atom stereocenters. The van der Waals surface area contributed by atoms with Crippen molar-refractivity contribution in [1.29, 1.82) is 0 Å². The van der Waals surface area contributed by atoms with Crippen molar-refractivity contribution in [2.24, 2.45) is 0 Å². The number of para-hydroxylation sites is 1. The molecule has 0 bridgehead atoms. The fraction of sp³-hybridized carbons (Fsp3) is 0.294. The highest BCUT2D eigenvalue weighted by Crippen LogP contribution is 2.19. The van der Waals surface area contributed by atoms with Crippen LogP contribution >= 0.6 is 0 Å². The van der Waals surface area contributed by atoms with Gasteiger partial charge in [-0.2, -0.15) is 0 Å². The fourth-order valence-electron chi connectivity index (χ4n) is 2.17. The third kappa shape index (κ3) is 3.36.